The molecule has 2 aliphatic carbocycles. The average molecular weight is 285 g/mol. The molecule has 0 aliphatic heterocycles. The number of rotatable bonds is 4. The van der Waals surface area contributed by atoms with Crippen molar-refractivity contribution in [1.82, 2.24) is 9.36 Å². The van der Waals surface area contributed by atoms with E-state index in [9.17, 15) is 0 Å². The van der Waals surface area contributed by atoms with Crippen LogP contribution < -0.4 is 5.32 Å². The van der Waals surface area contributed by atoms with Crippen LogP contribution >= 0.6 is 11.5 Å². The summed E-state index contributed by atoms with van der Waals surface area (Å²) in [6.45, 7) is 0.982. The summed E-state index contributed by atoms with van der Waals surface area (Å²) in [7, 11) is 0. The van der Waals surface area contributed by atoms with Crippen LogP contribution in [0.2, 0.25) is 0 Å². The number of nitrogens with zero attached hydrogens (tertiary/aromatic N) is 2. The van der Waals surface area contributed by atoms with Crippen LogP contribution in [0, 0.1) is 0 Å². The summed E-state index contributed by atoms with van der Waals surface area (Å²) in [5.41, 5.74) is 3.06. The van der Waals surface area contributed by atoms with Crippen LogP contribution in [0.5, 0.6) is 0 Å². The third-order valence-electron chi connectivity index (χ3n) is 4.38. The minimum Gasteiger partial charge on any atom is -0.360 e. The summed E-state index contributed by atoms with van der Waals surface area (Å²) < 4.78 is 4.45. The fourth-order valence-corrected chi connectivity index (χ4v) is 3.74. The van der Waals surface area contributed by atoms with E-state index in [1.807, 2.05) is 0 Å². The SMILES string of the molecule is c1ccc2c(c1)CCCC2CNc1nc(C2CC2)ns1. The Morgan fingerprint density at radius 2 is 2.10 bits per heavy atom. The van der Waals surface area contributed by atoms with Crippen molar-refractivity contribution in [3.63, 3.8) is 0 Å². The molecule has 0 radical (unpaired) electrons. The predicted octanol–water partition coefficient (Wildman–Crippen LogP) is 3.95. The number of anilines is 1. The third kappa shape index (κ3) is 2.44. The van der Waals surface area contributed by atoms with E-state index in [4.69, 9.17) is 0 Å². The van der Waals surface area contributed by atoms with Crippen LogP contribution in [0.3, 0.4) is 0 Å². The van der Waals surface area contributed by atoms with Gasteiger partial charge in [0, 0.05) is 29.9 Å². The fraction of sp³-hybridized carbons (Fsp3) is 0.500. The second-order valence-electron chi connectivity index (χ2n) is 5.90. The van der Waals surface area contributed by atoms with Gasteiger partial charge in [-0.2, -0.15) is 4.37 Å². The highest BCUT2D eigenvalue weighted by atomic mass is 32.1. The Kier molecular flexibility index (Phi) is 3.19. The topological polar surface area (TPSA) is 37.8 Å². The first kappa shape index (κ1) is 12.3. The Morgan fingerprint density at radius 3 is 3.00 bits per heavy atom. The first-order chi connectivity index (χ1) is 9.90. The van der Waals surface area contributed by atoms with Gasteiger partial charge in [-0.3, -0.25) is 0 Å². The number of aryl methyl sites for hydroxylation is 1. The fourth-order valence-electron chi connectivity index (χ4n) is 3.09. The monoisotopic (exact) mass is 285 g/mol. The summed E-state index contributed by atoms with van der Waals surface area (Å²) in [4.78, 5) is 4.61. The van der Waals surface area contributed by atoms with Crippen LogP contribution in [0.1, 0.15) is 54.5 Å². The molecular weight excluding hydrogens is 266 g/mol. The standard InChI is InChI=1S/C16H19N3S/c1-2-7-14-11(4-1)5-3-6-13(14)10-17-16-18-15(19-20-16)12-8-9-12/h1-2,4,7,12-13H,3,5-6,8-10H2,(H,17,18,19). The largest absolute Gasteiger partial charge is 0.360 e. The number of aromatic nitrogens is 2. The first-order valence-electron chi connectivity index (χ1n) is 7.55. The zero-order valence-electron chi connectivity index (χ0n) is 11.5. The molecule has 1 fully saturated rings. The van der Waals surface area contributed by atoms with E-state index >= 15 is 0 Å². The molecular formula is C16H19N3S. The first-order valence-corrected chi connectivity index (χ1v) is 8.33. The van der Waals surface area contributed by atoms with Crippen molar-refractivity contribution in [1.29, 1.82) is 0 Å². The molecule has 1 atom stereocenters. The molecule has 3 nitrogen and oxygen atoms in total. The average Bonchev–Trinajstić information content (AvgIpc) is 3.24. The van der Waals surface area contributed by atoms with Crippen molar-refractivity contribution in [2.75, 3.05) is 11.9 Å². The summed E-state index contributed by atoms with van der Waals surface area (Å²) >= 11 is 1.52. The highest BCUT2D eigenvalue weighted by molar-refractivity contribution is 7.09. The molecule has 0 saturated heterocycles. The number of benzene rings is 1. The second-order valence-corrected chi connectivity index (χ2v) is 6.65. The Labute approximate surface area is 123 Å². The summed E-state index contributed by atoms with van der Waals surface area (Å²) in [5, 5.41) is 4.50. The lowest BCUT2D eigenvalue weighted by atomic mass is 9.83. The van der Waals surface area contributed by atoms with Gasteiger partial charge in [0.15, 0.2) is 0 Å². The van der Waals surface area contributed by atoms with Gasteiger partial charge in [-0.15, -0.1) is 0 Å². The van der Waals surface area contributed by atoms with Crippen LogP contribution in [0.15, 0.2) is 24.3 Å². The van der Waals surface area contributed by atoms with E-state index in [1.165, 1.54) is 54.8 Å². The quantitative estimate of drug-likeness (QED) is 0.924. The van der Waals surface area contributed by atoms with Gasteiger partial charge in [-0.05, 0) is 43.2 Å². The summed E-state index contributed by atoms with van der Waals surface area (Å²) in [6, 6.07) is 8.88. The Balaban J connectivity index is 1.44. The van der Waals surface area contributed by atoms with Crippen LogP contribution in [-0.4, -0.2) is 15.9 Å². The molecule has 1 aromatic heterocycles. The van der Waals surface area contributed by atoms with Gasteiger partial charge < -0.3 is 5.32 Å². The normalized spacial score (nSPS) is 21.5. The number of hydrogen-bond donors (Lipinski definition) is 1. The lowest BCUT2D eigenvalue weighted by molar-refractivity contribution is 0.571. The van der Waals surface area contributed by atoms with Gasteiger partial charge in [0.1, 0.15) is 5.82 Å². The molecule has 1 saturated carbocycles. The van der Waals surface area contributed by atoms with Crippen molar-refractivity contribution in [2.24, 2.45) is 0 Å². The van der Waals surface area contributed by atoms with E-state index in [1.54, 1.807) is 0 Å². The Bertz CT molecular complexity index is 603. The highest BCUT2D eigenvalue weighted by Crippen LogP contribution is 2.39. The van der Waals surface area contributed by atoms with E-state index in [-0.39, 0.29) is 0 Å². The van der Waals surface area contributed by atoms with Gasteiger partial charge in [0.25, 0.3) is 0 Å². The molecule has 0 bridgehead atoms. The van der Waals surface area contributed by atoms with Crippen LogP contribution in [0.25, 0.3) is 0 Å². The van der Waals surface area contributed by atoms with Crippen molar-refractivity contribution in [2.45, 2.75) is 43.9 Å². The number of fused-ring (bicyclic) bond motifs is 1. The maximum atomic E-state index is 4.61. The van der Waals surface area contributed by atoms with Crippen molar-refractivity contribution >= 4 is 16.7 Å². The van der Waals surface area contributed by atoms with Gasteiger partial charge in [-0.1, -0.05) is 24.3 Å². The van der Waals surface area contributed by atoms with E-state index in [2.05, 4.69) is 38.9 Å². The van der Waals surface area contributed by atoms with Crippen LogP contribution in [0.4, 0.5) is 5.13 Å². The highest BCUT2D eigenvalue weighted by Gasteiger charge is 2.28. The molecule has 4 rings (SSSR count). The Hall–Kier alpha value is -1.42. The van der Waals surface area contributed by atoms with Crippen molar-refractivity contribution in [3.8, 4) is 0 Å². The third-order valence-corrected chi connectivity index (χ3v) is 5.06. The van der Waals surface area contributed by atoms with Gasteiger partial charge in [0.05, 0.1) is 0 Å². The predicted molar refractivity (Wildman–Crippen MR) is 82.5 cm³/mol. The molecule has 104 valence electrons. The zero-order valence-corrected chi connectivity index (χ0v) is 12.3. The minimum atomic E-state index is 0.619. The van der Waals surface area contributed by atoms with Gasteiger partial charge in [0.2, 0.25) is 5.13 Å². The molecule has 2 aliphatic rings. The maximum Gasteiger partial charge on any atom is 0.202 e. The molecule has 0 amide bonds. The summed E-state index contributed by atoms with van der Waals surface area (Å²) in [6.07, 6.45) is 6.35. The molecule has 20 heavy (non-hydrogen) atoms. The zero-order chi connectivity index (χ0) is 13.4. The number of hydrogen-bond acceptors (Lipinski definition) is 4. The van der Waals surface area contributed by atoms with Crippen LogP contribution in [-0.2, 0) is 6.42 Å². The molecule has 1 heterocycles. The van der Waals surface area contributed by atoms with Gasteiger partial charge >= 0.3 is 0 Å². The Morgan fingerprint density at radius 1 is 1.20 bits per heavy atom. The lowest BCUT2D eigenvalue weighted by Gasteiger charge is -2.25. The molecule has 2 aromatic rings. The smallest absolute Gasteiger partial charge is 0.202 e. The molecule has 4 heteroatoms. The lowest BCUT2D eigenvalue weighted by Crippen LogP contribution is -2.18. The van der Waals surface area contributed by atoms with Crippen molar-refractivity contribution in [3.05, 3.63) is 41.2 Å². The second kappa shape index (κ2) is 5.17. The molecule has 1 N–H and O–H groups in total. The maximum absolute atomic E-state index is 4.61. The minimum absolute atomic E-state index is 0.619. The number of nitrogens with one attached hydrogen (secondary N) is 1. The molecule has 1 aromatic carbocycles. The van der Waals surface area contributed by atoms with E-state index < -0.39 is 0 Å². The van der Waals surface area contributed by atoms with E-state index in [0.717, 1.165) is 17.5 Å². The van der Waals surface area contributed by atoms with Gasteiger partial charge in [-0.25, -0.2) is 4.98 Å². The molecule has 0 spiro atoms. The van der Waals surface area contributed by atoms with Crippen molar-refractivity contribution < 1.29 is 0 Å². The van der Waals surface area contributed by atoms with E-state index in [0.29, 0.717) is 11.8 Å². The summed E-state index contributed by atoms with van der Waals surface area (Å²) in [5.74, 6) is 2.33. The molecule has 1 unspecified atom stereocenters.